The Kier molecular flexibility index (Phi) is 6.36. The first-order valence-corrected chi connectivity index (χ1v) is 12.5. The van der Waals surface area contributed by atoms with Gasteiger partial charge in [0.2, 0.25) is 0 Å². The van der Waals surface area contributed by atoms with E-state index in [1.54, 1.807) is 25.5 Å². The maximum Gasteiger partial charge on any atom is 0.338 e. The van der Waals surface area contributed by atoms with Crippen LogP contribution < -0.4 is 24.4 Å². The van der Waals surface area contributed by atoms with Crippen molar-refractivity contribution in [3.05, 3.63) is 96.2 Å². The number of benzene rings is 2. The highest BCUT2D eigenvalue weighted by Gasteiger charge is 2.33. The summed E-state index contributed by atoms with van der Waals surface area (Å²) in [7, 11) is 1.59. The van der Waals surface area contributed by atoms with Gasteiger partial charge in [-0.1, -0.05) is 41.7 Å². The molecule has 2 atom stereocenters. The summed E-state index contributed by atoms with van der Waals surface area (Å²) < 4.78 is 18.8. The summed E-state index contributed by atoms with van der Waals surface area (Å²) in [6, 6.07) is 14.5. The molecule has 2 aliphatic rings. The number of hydrogen-bond donors (Lipinski definition) is 0. The molecular formula is C28H26N2O5S. The SMILES string of the molecule is CCOC(=O)C1=C(C)N=c2sc(=CC3=Cc4ccccc4OC3C)c(=O)n2C1c1ccc(OC)cc1. The number of rotatable bonds is 5. The molecule has 3 aromatic rings. The maximum atomic E-state index is 13.8. The van der Waals surface area contributed by atoms with Gasteiger partial charge in [-0.3, -0.25) is 9.36 Å². The zero-order valence-electron chi connectivity index (χ0n) is 20.5. The number of carbonyl (C=O) groups is 1. The number of fused-ring (bicyclic) bond motifs is 2. The number of hydrogen-bond acceptors (Lipinski definition) is 7. The lowest BCUT2D eigenvalue weighted by molar-refractivity contribution is -0.139. The van der Waals surface area contributed by atoms with Crippen molar-refractivity contribution >= 4 is 29.5 Å². The maximum absolute atomic E-state index is 13.8. The van der Waals surface area contributed by atoms with Gasteiger partial charge in [-0.25, -0.2) is 9.79 Å². The van der Waals surface area contributed by atoms with Crippen LogP contribution in [0.3, 0.4) is 0 Å². The predicted octanol–water partition coefficient (Wildman–Crippen LogP) is 3.62. The molecule has 0 bridgehead atoms. The lowest BCUT2D eigenvalue weighted by Gasteiger charge is -2.24. The minimum Gasteiger partial charge on any atom is -0.497 e. The van der Waals surface area contributed by atoms with Gasteiger partial charge in [0.05, 0.1) is 35.6 Å². The van der Waals surface area contributed by atoms with E-state index in [1.165, 1.54) is 11.3 Å². The van der Waals surface area contributed by atoms with Gasteiger partial charge in [0, 0.05) is 5.56 Å². The van der Waals surface area contributed by atoms with Gasteiger partial charge in [0.25, 0.3) is 5.56 Å². The van der Waals surface area contributed by atoms with Crippen molar-refractivity contribution in [3.63, 3.8) is 0 Å². The fraction of sp³-hybridized carbons (Fsp3) is 0.250. The van der Waals surface area contributed by atoms with Gasteiger partial charge in [0.1, 0.15) is 17.6 Å². The van der Waals surface area contributed by atoms with Gasteiger partial charge >= 0.3 is 5.97 Å². The van der Waals surface area contributed by atoms with E-state index >= 15 is 0 Å². The summed E-state index contributed by atoms with van der Waals surface area (Å²) in [5, 5.41) is 0. The van der Waals surface area contributed by atoms with Crippen molar-refractivity contribution in [2.75, 3.05) is 13.7 Å². The van der Waals surface area contributed by atoms with Crippen LogP contribution in [0.5, 0.6) is 11.5 Å². The zero-order valence-corrected chi connectivity index (χ0v) is 21.3. The first-order valence-electron chi connectivity index (χ1n) is 11.7. The van der Waals surface area contributed by atoms with Gasteiger partial charge in [0.15, 0.2) is 4.80 Å². The number of methoxy groups -OCH3 is 1. The van der Waals surface area contributed by atoms with Crippen molar-refractivity contribution in [2.24, 2.45) is 4.99 Å². The molecular weight excluding hydrogens is 476 g/mol. The molecule has 0 saturated carbocycles. The standard InChI is InChI=1S/C28H26N2O5S/c1-5-34-27(32)24-16(2)29-28-30(25(24)18-10-12-21(33-4)13-11-18)26(31)23(36-28)15-20-14-19-8-6-7-9-22(19)35-17(20)3/h6-15,17,25H,5H2,1-4H3. The van der Waals surface area contributed by atoms with Crippen LogP contribution in [0.1, 0.15) is 37.9 Å². The topological polar surface area (TPSA) is 79.1 Å². The molecule has 0 fully saturated rings. The van der Waals surface area contributed by atoms with E-state index in [0.717, 1.165) is 22.4 Å². The van der Waals surface area contributed by atoms with Crippen LogP contribution >= 0.6 is 11.3 Å². The monoisotopic (exact) mass is 502 g/mol. The Balaban J connectivity index is 1.68. The lowest BCUT2D eigenvalue weighted by atomic mass is 9.96. The van der Waals surface area contributed by atoms with Crippen LogP contribution in [0.25, 0.3) is 12.2 Å². The number of ether oxygens (including phenoxy) is 3. The third-order valence-electron chi connectivity index (χ3n) is 6.26. The number of para-hydroxylation sites is 1. The van der Waals surface area contributed by atoms with Gasteiger partial charge in [-0.2, -0.15) is 0 Å². The van der Waals surface area contributed by atoms with E-state index in [2.05, 4.69) is 4.99 Å². The van der Waals surface area contributed by atoms with E-state index in [-0.39, 0.29) is 18.3 Å². The molecule has 0 saturated heterocycles. The molecule has 5 rings (SSSR count). The molecule has 3 heterocycles. The molecule has 8 heteroatoms. The molecule has 184 valence electrons. The van der Waals surface area contributed by atoms with Crippen molar-refractivity contribution in [3.8, 4) is 11.5 Å². The summed E-state index contributed by atoms with van der Waals surface area (Å²) in [6.45, 7) is 5.71. The molecule has 0 N–H and O–H groups in total. The molecule has 0 aliphatic carbocycles. The molecule has 2 aliphatic heterocycles. The van der Waals surface area contributed by atoms with E-state index in [4.69, 9.17) is 14.2 Å². The highest BCUT2D eigenvalue weighted by Crippen LogP contribution is 2.32. The van der Waals surface area contributed by atoms with Crippen molar-refractivity contribution in [1.29, 1.82) is 0 Å². The molecule has 0 radical (unpaired) electrons. The van der Waals surface area contributed by atoms with Crippen molar-refractivity contribution in [2.45, 2.75) is 32.9 Å². The fourth-order valence-electron chi connectivity index (χ4n) is 4.47. The predicted molar refractivity (Wildman–Crippen MR) is 139 cm³/mol. The Labute approximate surface area is 212 Å². The van der Waals surface area contributed by atoms with Crippen molar-refractivity contribution < 1.29 is 19.0 Å². The number of aromatic nitrogens is 1. The first kappa shape index (κ1) is 23.8. The summed E-state index contributed by atoms with van der Waals surface area (Å²) in [4.78, 5) is 32.0. The Morgan fingerprint density at radius 2 is 1.94 bits per heavy atom. The minimum atomic E-state index is -0.664. The lowest BCUT2D eigenvalue weighted by Crippen LogP contribution is -2.40. The normalized spacial score (nSPS) is 19.0. The van der Waals surface area contributed by atoms with Crippen LogP contribution in [0.2, 0.25) is 0 Å². The van der Waals surface area contributed by atoms with Crippen LogP contribution in [-0.2, 0) is 9.53 Å². The zero-order chi connectivity index (χ0) is 25.4. The number of nitrogens with zero attached hydrogens (tertiary/aromatic N) is 2. The molecule has 0 amide bonds. The number of carbonyl (C=O) groups excluding carboxylic acids is 1. The Bertz CT molecular complexity index is 1580. The Hall–Kier alpha value is -3.91. The fourth-order valence-corrected chi connectivity index (χ4v) is 5.51. The molecule has 2 unspecified atom stereocenters. The highest BCUT2D eigenvalue weighted by molar-refractivity contribution is 7.07. The van der Waals surface area contributed by atoms with Gasteiger partial charge in [-0.05, 0) is 62.3 Å². The average Bonchev–Trinajstić information content (AvgIpc) is 3.18. The second-order valence-electron chi connectivity index (χ2n) is 8.52. The largest absolute Gasteiger partial charge is 0.497 e. The molecule has 36 heavy (non-hydrogen) atoms. The second-order valence-corrected chi connectivity index (χ2v) is 9.53. The Morgan fingerprint density at radius 3 is 2.67 bits per heavy atom. The smallest absolute Gasteiger partial charge is 0.338 e. The van der Waals surface area contributed by atoms with Crippen LogP contribution in [0.15, 0.2) is 75.2 Å². The van der Waals surface area contributed by atoms with Crippen LogP contribution in [-0.4, -0.2) is 30.4 Å². The van der Waals surface area contributed by atoms with Gasteiger partial charge in [-0.15, -0.1) is 0 Å². The van der Waals surface area contributed by atoms with Crippen LogP contribution in [0, 0.1) is 0 Å². The number of esters is 1. The Morgan fingerprint density at radius 1 is 1.19 bits per heavy atom. The number of thiazole rings is 1. The first-order chi connectivity index (χ1) is 17.4. The third kappa shape index (κ3) is 4.18. The second kappa shape index (κ2) is 9.62. The molecule has 0 spiro atoms. The molecule has 7 nitrogen and oxygen atoms in total. The number of allylic oxidation sites excluding steroid dienone is 1. The summed E-state index contributed by atoms with van der Waals surface area (Å²) in [5.41, 5.74) is 3.28. The van der Waals surface area contributed by atoms with E-state index < -0.39 is 12.0 Å². The quantitative estimate of drug-likeness (QED) is 0.498. The summed E-state index contributed by atoms with van der Waals surface area (Å²) >= 11 is 1.30. The van der Waals surface area contributed by atoms with Crippen LogP contribution in [0.4, 0.5) is 0 Å². The van der Waals surface area contributed by atoms with Crippen molar-refractivity contribution in [1.82, 2.24) is 4.57 Å². The molecule has 1 aromatic heterocycles. The summed E-state index contributed by atoms with van der Waals surface area (Å²) in [6.07, 6.45) is 3.68. The van der Waals surface area contributed by atoms with E-state index in [9.17, 15) is 9.59 Å². The van der Waals surface area contributed by atoms with E-state index in [0.29, 0.717) is 26.4 Å². The van der Waals surface area contributed by atoms with Gasteiger partial charge < -0.3 is 14.2 Å². The summed E-state index contributed by atoms with van der Waals surface area (Å²) in [5.74, 6) is 1.02. The third-order valence-corrected chi connectivity index (χ3v) is 7.24. The minimum absolute atomic E-state index is 0.215. The highest BCUT2D eigenvalue weighted by atomic mass is 32.1. The molecule has 2 aromatic carbocycles. The van der Waals surface area contributed by atoms with E-state index in [1.807, 2.05) is 67.6 Å². The average molecular weight is 503 g/mol.